The molecule has 0 saturated carbocycles. The Balaban J connectivity index is 3.04. The van der Waals surface area contributed by atoms with Crippen molar-refractivity contribution in [3.63, 3.8) is 0 Å². The van der Waals surface area contributed by atoms with Crippen LogP contribution in [0.2, 0.25) is 0 Å². The Kier molecular flexibility index (Phi) is 3.98. The molecule has 0 saturated heterocycles. The predicted octanol–water partition coefficient (Wildman–Crippen LogP) is 1.38. The van der Waals surface area contributed by atoms with Gasteiger partial charge in [-0.1, -0.05) is 18.2 Å². The molecule has 1 rings (SSSR count). The van der Waals surface area contributed by atoms with Gasteiger partial charge in [0.1, 0.15) is 0 Å². The maximum Gasteiger partial charge on any atom is 0.246 e. The lowest BCUT2D eigenvalue weighted by Crippen LogP contribution is -2.35. The average Bonchev–Trinajstić information content (AvgIpc) is 2.21. The summed E-state index contributed by atoms with van der Waals surface area (Å²) in [6.07, 6.45) is 1.55. The van der Waals surface area contributed by atoms with Crippen LogP contribution >= 0.6 is 0 Å². The fourth-order valence-electron chi connectivity index (χ4n) is 1.46. The number of hydrogen-bond donors (Lipinski definition) is 2. The molecule has 0 fully saturated rings. The topological polar surface area (TPSA) is 82.5 Å². The van der Waals surface area contributed by atoms with E-state index in [0.717, 1.165) is 21.7 Å². The predicted molar refractivity (Wildman–Crippen MR) is 67.9 cm³/mol. The second-order valence-electron chi connectivity index (χ2n) is 3.77. The van der Waals surface area contributed by atoms with Gasteiger partial charge in [0.15, 0.2) is 0 Å². The fourth-order valence-corrected chi connectivity index (χ4v) is 1.46. The number of guanidine groups is 1. The van der Waals surface area contributed by atoms with Crippen LogP contribution in [0.4, 0.5) is 0 Å². The smallest absolute Gasteiger partial charge is 0.246 e. The third kappa shape index (κ3) is 3.14. The molecule has 90 valence electrons. The second kappa shape index (κ2) is 5.25. The van der Waals surface area contributed by atoms with Crippen LogP contribution in [0.15, 0.2) is 23.3 Å². The van der Waals surface area contributed by atoms with Crippen LogP contribution < -0.4 is 5.73 Å². The highest BCUT2D eigenvalue weighted by Crippen LogP contribution is 2.10. The van der Waals surface area contributed by atoms with Crippen LogP contribution in [0.1, 0.15) is 23.6 Å². The summed E-state index contributed by atoms with van der Waals surface area (Å²) < 4.78 is 0. The molecule has 0 unspecified atom stereocenters. The van der Waals surface area contributed by atoms with Gasteiger partial charge in [0.2, 0.25) is 11.9 Å². The molecule has 0 radical (unpaired) electrons. The number of aryl methyl sites for hydroxylation is 2. The van der Waals surface area contributed by atoms with Gasteiger partial charge in [-0.15, -0.1) is 0 Å². The van der Waals surface area contributed by atoms with Crippen molar-refractivity contribution in [2.75, 3.05) is 0 Å². The molecule has 3 N–H and O–H groups in total. The van der Waals surface area contributed by atoms with Crippen LogP contribution in [0.25, 0.3) is 0 Å². The summed E-state index contributed by atoms with van der Waals surface area (Å²) in [5.41, 5.74) is 8.30. The number of nitrogens with two attached hydrogens (primary N) is 1. The van der Waals surface area contributed by atoms with E-state index in [2.05, 4.69) is 5.10 Å². The first-order valence-electron chi connectivity index (χ1n) is 5.18. The Bertz CT molecular complexity index is 445. The van der Waals surface area contributed by atoms with Gasteiger partial charge in [-0.05, 0) is 25.0 Å². The first-order valence-corrected chi connectivity index (χ1v) is 5.18. The third-order valence-electron chi connectivity index (χ3n) is 2.37. The second-order valence-corrected chi connectivity index (χ2v) is 3.77. The highest BCUT2D eigenvalue weighted by atomic mass is 16.2. The molecule has 0 aliphatic heterocycles. The van der Waals surface area contributed by atoms with Crippen molar-refractivity contribution in [1.29, 1.82) is 5.41 Å². The lowest BCUT2D eigenvalue weighted by molar-refractivity contribution is -0.125. The van der Waals surface area contributed by atoms with Crippen molar-refractivity contribution in [3.8, 4) is 0 Å². The van der Waals surface area contributed by atoms with Gasteiger partial charge in [-0.2, -0.15) is 10.1 Å². The maximum absolute atomic E-state index is 11.2. The summed E-state index contributed by atoms with van der Waals surface area (Å²) in [6.45, 7) is 5.23. The van der Waals surface area contributed by atoms with E-state index in [0.29, 0.717) is 0 Å². The van der Waals surface area contributed by atoms with E-state index in [1.165, 1.54) is 6.92 Å². The first kappa shape index (κ1) is 12.9. The number of benzene rings is 1. The maximum atomic E-state index is 11.2. The molecule has 17 heavy (non-hydrogen) atoms. The molecule has 0 heterocycles. The largest absolute Gasteiger partial charge is 0.368 e. The minimum absolute atomic E-state index is 0.389. The highest BCUT2D eigenvalue weighted by Gasteiger charge is 2.09. The first-order chi connectivity index (χ1) is 7.93. The normalized spacial score (nSPS) is 10.5. The van der Waals surface area contributed by atoms with Crippen molar-refractivity contribution in [2.24, 2.45) is 10.8 Å². The standard InChI is InChI=1S/C12H16N4O/c1-8-5-4-6-9(2)11(8)7-15-16(10(3)17)12(13)14/h4-7H,1-3H3,(H3,13,14)/b15-7+. The Hall–Kier alpha value is -2.17. The number of rotatable bonds is 2. The van der Waals surface area contributed by atoms with Crippen LogP contribution in [-0.4, -0.2) is 23.1 Å². The van der Waals surface area contributed by atoms with Crippen LogP contribution in [-0.2, 0) is 4.79 Å². The van der Waals surface area contributed by atoms with Gasteiger partial charge in [0, 0.05) is 12.5 Å². The summed E-state index contributed by atoms with van der Waals surface area (Å²) in [6, 6.07) is 5.87. The molecule has 5 heteroatoms. The number of nitrogens with zero attached hydrogens (tertiary/aromatic N) is 2. The SMILES string of the molecule is CC(=O)N(/N=C/c1c(C)cccc1C)C(=N)N. The zero-order chi connectivity index (χ0) is 13.0. The lowest BCUT2D eigenvalue weighted by Gasteiger charge is -2.12. The van der Waals surface area contributed by atoms with E-state index >= 15 is 0 Å². The summed E-state index contributed by atoms with van der Waals surface area (Å²) >= 11 is 0. The highest BCUT2D eigenvalue weighted by molar-refractivity contribution is 5.95. The molecule has 1 aromatic rings. The van der Waals surface area contributed by atoms with E-state index in [4.69, 9.17) is 11.1 Å². The number of hydrazone groups is 1. The fraction of sp³-hybridized carbons (Fsp3) is 0.250. The van der Waals surface area contributed by atoms with Gasteiger partial charge >= 0.3 is 0 Å². The van der Waals surface area contributed by atoms with E-state index < -0.39 is 0 Å². The van der Waals surface area contributed by atoms with Gasteiger partial charge < -0.3 is 5.73 Å². The molecule has 0 bridgehead atoms. The number of amides is 1. The van der Waals surface area contributed by atoms with E-state index in [9.17, 15) is 4.79 Å². The van der Waals surface area contributed by atoms with Crippen molar-refractivity contribution in [3.05, 3.63) is 34.9 Å². The molecule has 0 aromatic heterocycles. The van der Waals surface area contributed by atoms with Crippen LogP contribution in [0.5, 0.6) is 0 Å². The number of carbonyl (C=O) groups is 1. The summed E-state index contributed by atoms with van der Waals surface area (Å²) in [7, 11) is 0. The molecular formula is C12H16N4O. The molecule has 0 spiro atoms. The van der Waals surface area contributed by atoms with E-state index in [1.807, 2.05) is 32.0 Å². The molecule has 0 aliphatic carbocycles. The summed E-state index contributed by atoms with van der Waals surface area (Å²) in [5, 5.41) is 12.0. The Morgan fingerprint density at radius 1 is 1.41 bits per heavy atom. The average molecular weight is 232 g/mol. The minimum Gasteiger partial charge on any atom is -0.368 e. The van der Waals surface area contributed by atoms with E-state index in [-0.39, 0.29) is 11.9 Å². The number of nitrogens with one attached hydrogen (secondary N) is 1. The Morgan fingerprint density at radius 3 is 2.35 bits per heavy atom. The van der Waals surface area contributed by atoms with Crippen LogP contribution in [0.3, 0.4) is 0 Å². The van der Waals surface area contributed by atoms with Crippen LogP contribution in [0, 0.1) is 19.3 Å². The number of carbonyl (C=O) groups excluding carboxylic acids is 1. The zero-order valence-corrected chi connectivity index (χ0v) is 10.2. The molecule has 1 amide bonds. The van der Waals surface area contributed by atoms with Gasteiger partial charge in [0.05, 0.1) is 6.21 Å². The number of hydrogen-bond acceptors (Lipinski definition) is 3. The Labute approximate surface area is 100 Å². The zero-order valence-electron chi connectivity index (χ0n) is 10.2. The molecular weight excluding hydrogens is 216 g/mol. The van der Waals surface area contributed by atoms with Gasteiger partial charge in [-0.3, -0.25) is 10.2 Å². The molecule has 1 aromatic carbocycles. The summed E-state index contributed by atoms with van der Waals surface area (Å²) in [5.74, 6) is -0.778. The van der Waals surface area contributed by atoms with Gasteiger partial charge in [0.25, 0.3) is 0 Å². The van der Waals surface area contributed by atoms with E-state index in [1.54, 1.807) is 6.21 Å². The quantitative estimate of drug-likeness (QED) is 0.458. The van der Waals surface area contributed by atoms with Crippen molar-refractivity contribution in [2.45, 2.75) is 20.8 Å². The Morgan fingerprint density at radius 2 is 1.94 bits per heavy atom. The van der Waals surface area contributed by atoms with Crippen molar-refractivity contribution in [1.82, 2.24) is 5.01 Å². The monoisotopic (exact) mass is 232 g/mol. The molecule has 5 nitrogen and oxygen atoms in total. The van der Waals surface area contributed by atoms with Crippen molar-refractivity contribution < 1.29 is 4.79 Å². The van der Waals surface area contributed by atoms with Crippen molar-refractivity contribution >= 4 is 18.1 Å². The molecule has 0 atom stereocenters. The molecule has 0 aliphatic rings. The lowest BCUT2D eigenvalue weighted by atomic mass is 10.0. The van der Waals surface area contributed by atoms with Gasteiger partial charge in [-0.25, -0.2) is 0 Å². The third-order valence-corrected chi connectivity index (χ3v) is 2.37. The minimum atomic E-state index is -0.389. The summed E-state index contributed by atoms with van der Waals surface area (Å²) in [4.78, 5) is 11.2.